The van der Waals surface area contributed by atoms with E-state index in [0.717, 1.165) is 6.42 Å². The molecule has 1 atom stereocenters. The normalized spacial score (nSPS) is 25.3. The van der Waals surface area contributed by atoms with Crippen molar-refractivity contribution >= 4 is 0 Å². The predicted octanol–water partition coefficient (Wildman–Crippen LogP) is 5.74. The van der Waals surface area contributed by atoms with Crippen molar-refractivity contribution in [3.8, 4) is 0 Å². The third-order valence-corrected chi connectivity index (χ3v) is 4.63. The number of allylic oxidation sites excluding steroid dienone is 7. The van der Waals surface area contributed by atoms with Crippen molar-refractivity contribution in [2.75, 3.05) is 0 Å². The molecule has 2 aliphatic carbocycles. The fourth-order valence-corrected chi connectivity index (χ4v) is 3.14. The van der Waals surface area contributed by atoms with Crippen molar-refractivity contribution in [1.82, 2.24) is 0 Å². The standard InChI is InChI=1S/C18H26/c1-12(2)16-10-14(4)15(5)18(11-16)17-9-7-6-8-13(17)3/h11,14H,1,6-10H2,2-5H3. The second-order valence-corrected chi connectivity index (χ2v) is 6.12. The van der Waals surface area contributed by atoms with E-state index >= 15 is 0 Å². The van der Waals surface area contributed by atoms with Gasteiger partial charge in [0.05, 0.1) is 0 Å². The fourth-order valence-electron chi connectivity index (χ4n) is 3.14. The quantitative estimate of drug-likeness (QED) is 0.579. The van der Waals surface area contributed by atoms with Gasteiger partial charge in [0.25, 0.3) is 0 Å². The first-order valence-corrected chi connectivity index (χ1v) is 7.27. The van der Waals surface area contributed by atoms with Gasteiger partial charge in [-0.25, -0.2) is 0 Å². The molecule has 0 aliphatic heterocycles. The van der Waals surface area contributed by atoms with Gasteiger partial charge in [-0.3, -0.25) is 0 Å². The lowest BCUT2D eigenvalue weighted by Gasteiger charge is -2.28. The van der Waals surface area contributed by atoms with Gasteiger partial charge in [-0.2, -0.15) is 0 Å². The predicted molar refractivity (Wildman–Crippen MR) is 80.5 cm³/mol. The molecule has 0 spiro atoms. The first-order chi connectivity index (χ1) is 8.50. The zero-order chi connectivity index (χ0) is 13.3. The van der Waals surface area contributed by atoms with Gasteiger partial charge in [0.1, 0.15) is 0 Å². The summed E-state index contributed by atoms with van der Waals surface area (Å²) in [5.74, 6) is 0.666. The van der Waals surface area contributed by atoms with E-state index in [1.54, 1.807) is 16.7 Å². The number of hydrogen-bond donors (Lipinski definition) is 0. The summed E-state index contributed by atoms with van der Waals surface area (Å²) < 4.78 is 0. The summed E-state index contributed by atoms with van der Waals surface area (Å²) in [6.45, 7) is 13.3. The monoisotopic (exact) mass is 242 g/mol. The van der Waals surface area contributed by atoms with E-state index in [-0.39, 0.29) is 0 Å². The second kappa shape index (κ2) is 5.30. The number of rotatable bonds is 2. The van der Waals surface area contributed by atoms with E-state index in [1.165, 1.54) is 42.4 Å². The van der Waals surface area contributed by atoms with Crippen molar-refractivity contribution in [2.24, 2.45) is 5.92 Å². The van der Waals surface area contributed by atoms with Crippen LogP contribution in [0.3, 0.4) is 0 Å². The van der Waals surface area contributed by atoms with Crippen molar-refractivity contribution in [1.29, 1.82) is 0 Å². The first kappa shape index (κ1) is 13.4. The Morgan fingerprint density at radius 1 is 1.22 bits per heavy atom. The summed E-state index contributed by atoms with van der Waals surface area (Å²) in [4.78, 5) is 0. The Morgan fingerprint density at radius 3 is 2.50 bits per heavy atom. The molecule has 0 aromatic carbocycles. The van der Waals surface area contributed by atoms with E-state index in [2.05, 4.69) is 40.3 Å². The summed E-state index contributed by atoms with van der Waals surface area (Å²) in [5, 5.41) is 0. The Labute approximate surface area is 112 Å². The first-order valence-electron chi connectivity index (χ1n) is 7.27. The maximum Gasteiger partial charge on any atom is -0.0185 e. The van der Waals surface area contributed by atoms with Crippen LogP contribution in [0.4, 0.5) is 0 Å². The van der Waals surface area contributed by atoms with E-state index in [0.29, 0.717) is 5.92 Å². The second-order valence-electron chi connectivity index (χ2n) is 6.12. The van der Waals surface area contributed by atoms with Crippen molar-refractivity contribution < 1.29 is 0 Å². The smallest absolute Gasteiger partial charge is 0.0185 e. The lowest BCUT2D eigenvalue weighted by atomic mass is 9.77. The zero-order valence-electron chi connectivity index (χ0n) is 12.4. The van der Waals surface area contributed by atoms with Gasteiger partial charge in [0.15, 0.2) is 0 Å². The molecule has 0 aromatic heterocycles. The van der Waals surface area contributed by atoms with E-state index in [1.807, 2.05) is 0 Å². The molecule has 0 nitrogen and oxygen atoms in total. The van der Waals surface area contributed by atoms with Crippen LogP contribution in [0.5, 0.6) is 0 Å². The van der Waals surface area contributed by atoms with Crippen molar-refractivity contribution in [3.63, 3.8) is 0 Å². The Hall–Kier alpha value is -1.04. The summed E-state index contributed by atoms with van der Waals surface area (Å²) in [7, 11) is 0. The molecule has 0 heteroatoms. The topological polar surface area (TPSA) is 0 Å². The average molecular weight is 242 g/mol. The van der Waals surface area contributed by atoms with E-state index in [4.69, 9.17) is 0 Å². The van der Waals surface area contributed by atoms with Gasteiger partial charge in [0.2, 0.25) is 0 Å². The molecule has 0 amide bonds. The van der Waals surface area contributed by atoms with Gasteiger partial charge < -0.3 is 0 Å². The molecule has 0 bridgehead atoms. The summed E-state index contributed by atoms with van der Waals surface area (Å²) in [6.07, 6.45) is 8.86. The molecule has 0 heterocycles. The molecule has 2 aliphatic rings. The highest BCUT2D eigenvalue weighted by Gasteiger charge is 2.21. The van der Waals surface area contributed by atoms with Crippen molar-refractivity contribution in [2.45, 2.75) is 59.8 Å². The molecule has 0 radical (unpaired) electrons. The highest BCUT2D eigenvalue weighted by molar-refractivity contribution is 5.52. The van der Waals surface area contributed by atoms with Crippen LogP contribution in [0.25, 0.3) is 0 Å². The summed E-state index contributed by atoms with van der Waals surface area (Å²) in [6, 6.07) is 0. The third-order valence-electron chi connectivity index (χ3n) is 4.63. The minimum atomic E-state index is 0.666. The minimum absolute atomic E-state index is 0.666. The van der Waals surface area contributed by atoms with E-state index in [9.17, 15) is 0 Å². The van der Waals surface area contributed by atoms with Crippen LogP contribution < -0.4 is 0 Å². The summed E-state index contributed by atoms with van der Waals surface area (Å²) >= 11 is 0. The zero-order valence-corrected chi connectivity index (χ0v) is 12.4. The van der Waals surface area contributed by atoms with Gasteiger partial charge in [-0.15, -0.1) is 0 Å². The lowest BCUT2D eigenvalue weighted by molar-refractivity contribution is 0.641. The Bertz CT molecular complexity index is 454. The lowest BCUT2D eigenvalue weighted by Crippen LogP contribution is -2.11. The molecule has 0 saturated heterocycles. The largest absolute Gasteiger partial charge is 0.0958 e. The Balaban J connectivity index is 2.46. The molecule has 0 aromatic rings. The maximum absolute atomic E-state index is 4.13. The van der Waals surface area contributed by atoms with Crippen LogP contribution in [0.15, 0.2) is 46.1 Å². The van der Waals surface area contributed by atoms with Gasteiger partial charge in [0, 0.05) is 0 Å². The Morgan fingerprint density at radius 2 is 1.89 bits per heavy atom. The molecule has 18 heavy (non-hydrogen) atoms. The summed E-state index contributed by atoms with van der Waals surface area (Å²) in [5.41, 5.74) is 9.04. The highest BCUT2D eigenvalue weighted by atomic mass is 14.3. The Kier molecular flexibility index (Phi) is 3.94. The molecular weight excluding hydrogens is 216 g/mol. The van der Waals surface area contributed by atoms with Crippen LogP contribution >= 0.6 is 0 Å². The molecule has 0 fully saturated rings. The SMILES string of the molecule is C=C(C)C1=CC(C2=C(C)CCCC2)=C(C)C(C)C1. The molecule has 1 unspecified atom stereocenters. The molecule has 0 saturated carbocycles. The van der Waals surface area contributed by atoms with Crippen LogP contribution in [-0.4, -0.2) is 0 Å². The molecule has 98 valence electrons. The highest BCUT2D eigenvalue weighted by Crippen LogP contribution is 2.39. The third kappa shape index (κ3) is 2.53. The van der Waals surface area contributed by atoms with Crippen molar-refractivity contribution in [3.05, 3.63) is 46.1 Å². The van der Waals surface area contributed by atoms with Gasteiger partial charge in [-0.1, -0.05) is 36.3 Å². The van der Waals surface area contributed by atoms with Gasteiger partial charge >= 0.3 is 0 Å². The van der Waals surface area contributed by atoms with Crippen LogP contribution in [0.2, 0.25) is 0 Å². The van der Waals surface area contributed by atoms with Gasteiger partial charge in [-0.05, 0) is 75.5 Å². The average Bonchev–Trinajstić information content (AvgIpc) is 2.33. The minimum Gasteiger partial charge on any atom is -0.0958 e. The van der Waals surface area contributed by atoms with Crippen LogP contribution in [-0.2, 0) is 0 Å². The maximum atomic E-state index is 4.13. The van der Waals surface area contributed by atoms with E-state index < -0.39 is 0 Å². The van der Waals surface area contributed by atoms with Crippen LogP contribution in [0.1, 0.15) is 59.8 Å². The molecule has 2 rings (SSSR count). The molecule has 0 N–H and O–H groups in total. The number of hydrogen-bond acceptors (Lipinski definition) is 0. The van der Waals surface area contributed by atoms with Crippen LogP contribution in [0, 0.1) is 5.92 Å². The fraction of sp³-hybridized carbons (Fsp3) is 0.556. The molecular formula is C18H26.